The zero-order valence-corrected chi connectivity index (χ0v) is 17.0. The monoisotopic (exact) mass is 405 g/mol. The van der Waals surface area contributed by atoms with Crippen molar-refractivity contribution in [3.05, 3.63) is 77.2 Å². The van der Waals surface area contributed by atoms with Crippen LogP contribution in [0.25, 0.3) is 0 Å². The van der Waals surface area contributed by atoms with Crippen molar-refractivity contribution >= 4 is 34.8 Å². The van der Waals surface area contributed by atoms with Gasteiger partial charge in [-0.25, -0.2) is 0 Å². The Balaban J connectivity index is 1.78. The van der Waals surface area contributed by atoms with Crippen LogP contribution in [0.3, 0.4) is 0 Å². The van der Waals surface area contributed by atoms with Crippen molar-refractivity contribution in [1.29, 1.82) is 0 Å². The predicted octanol–water partition coefficient (Wildman–Crippen LogP) is 4.75. The normalized spacial score (nSPS) is 10.4. The van der Waals surface area contributed by atoms with Crippen molar-refractivity contribution < 1.29 is 18.8 Å². The molecule has 1 heterocycles. The van der Waals surface area contributed by atoms with E-state index < -0.39 is 5.91 Å². The van der Waals surface area contributed by atoms with Gasteiger partial charge < -0.3 is 20.4 Å². The number of hydrogen-bond donors (Lipinski definition) is 3. The summed E-state index contributed by atoms with van der Waals surface area (Å²) < 4.78 is 5.10. The molecular weight excluding hydrogens is 382 g/mol. The first-order valence-electron chi connectivity index (χ1n) is 9.54. The summed E-state index contributed by atoms with van der Waals surface area (Å²) in [6.07, 6.45) is 1.79. The van der Waals surface area contributed by atoms with E-state index in [0.717, 1.165) is 11.1 Å². The van der Waals surface area contributed by atoms with Gasteiger partial charge in [0.15, 0.2) is 5.76 Å². The lowest BCUT2D eigenvalue weighted by molar-refractivity contribution is -0.115. The van der Waals surface area contributed by atoms with E-state index in [9.17, 15) is 14.4 Å². The summed E-state index contributed by atoms with van der Waals surface area (Å²) in [6, 6.07) is 13.6. The Kier molecular flexibility index (Phi) is 6.32. The number of hydrogen-bond acceptors (Lipinski definition) is 4. The predicted molar refractivity (Wildman–Crippen MR) is 116 cm³/mol. The molecule has 3 rings (SSSR count). The second kappa shape index (κ2) is 9.09. The minimum atomic E-state index is -0.393. The van der Waals surface area contributed by atoms with Crippen molar-refractivity contribution in [2.24, 2.45) is 0 Å². The third kappa shape index (κ3) is 4.94. The molecule has 0 radical (unpaired) electrons. The molecule has 2 aromatic carbocycles. The number of carbonyl (C=O) groups excluding carboxylic acids is 3. The van der Waals surface area contributed by atoms with Gasteiger partial charge in [-0.3, -0.25) is 14.4 Å². The number of anilines is 3. The number of furan rings is 1. The van der Waals surface area contributed by atoms with Crippen molar-refractivity contribution in [3.63, 3.8) is 0 Å². The highest BCUT2D eigenvalue weighted by Gasteiger charge is 2.14. The van der Waals surface area contributed by atoms with Gasteiger partial charge in [0.1, 0.15) is 0 Å². The van der Waals surface area contributed by atoms with Gasteiger partial charge in [-0.2, -0.15) is 0 Å². The van der Waals surface area contributed by atoms with E-state index in [1.165, 1.54) is 6.26 Å². The van der Waals surface area contributed by atoms with Gasteiger partial charge in [0.2, 0.25) is 5.91 Å². The molecule has 0 atom stereocenters. The summed E-state index contributed by atoms with van der Waals surface area (Å²) in [7, 11) is 0. The molecule has 0 aliphatic carbocycles. The van der Waals surface area contributed by atoms with E-state index in [-0.39, 0.29) is 17.6 Å². The van der Waals surface area contributed by atoms with Gasteiger partial charge >= 0.3 is 0 Å². The molecule has 154 valence electrons. The maximum atomic E-state index is 12.8. The largest absolute Gasteiger partial charge is 0.459 e. The summed E-state index contributed by atoms with van der Waals surface area (Å²) in [5, 5.41) is 8.40. The first kappa shape index (κ1) is 20.9. The van der Waals surface area contributed by atoms with Crippen molar-refractivity contribution in [1.82, 2.24) is 0 Å². The molecule has 0 unspecified atom stereocenters. The minimum absolute atomic E-state index is 0.105. The van der Waals surface area contributed by atoms with E-state index in [0.29, 0.717) is 29.0 Å². The zero-order valence-electron chi connectivity index (χ0n) is 17.0. The lowest BCUT2D eigenvalue weighted by Crippen LogP contribution is -2.16. The Morgan fingerprint density at radius 2 is 1.50 bits per heavy atom. The molecule has 0 aliphatic heterocycles. The summed E-state index contributed by atoms with van der Waals surface area (Å²) >= 11 is 0. The van der Waals surface area contributed by atoms with Crippen LogP contribution in [0.2, 0.25) is 0 Å². The summed E-state index contributed by atoms with van der Waals surface area (Å²) in [4.78, 5) is 36.7. The highest BCUT2D eigenvalue weighted by molar-refractivity contribution is 6.07. The van der Waals surface area contributed by atoms with Crippen LogP contribution in [0, 0.1) is 13.8 Å². The second-order valence-corrected chi connectivity index (χ2v) is 6.85. The van der Waals surface area contributed by atoms with Gasteiger partial charge in [-0.1, -0.05) is 19.1 Å². The smallest absolute Gasteiger partial charge is 0.291 e. The molecule has 0 bridgehead atoms. The van der Waals surface area contributed by atoms with Crippen molar-refractivity contribution in [2.75, 3.05) is 16.0 Å². The van der Waals surface area contributed by atoms with Gasteiger partial charge in [-0.05, 0) is 61.4 Å². The first-order chi connectivity index (χ1) is 14.4. The van der Waals surface area contributed by atoms with Crippen LogP contribution in [0.15, 0.2) is 59.2 Å². The number of carbonyl (C=O) groups is 3. The number of aryl methyl sites for hydroxylation is 2. The number of amides is 3. The molecule has 3 aromatic rings. The Labute approximate surface area is 174 Å². The third-order valence-electron chi connectivity index (χ3n) is 4.58. The number of benzene rings is 2. The van der Waals surface area contributed by atoms with Crippen LogP contribution in [0.5, 0.6) is 0 Å². The molecule has 0 aliphatic rings. The quantitative estimate of drug-likeness (QED) is 0.551. The van der Waals surface area contributed by atoms with E-state index in [1.54, 1.807) is 49.4 Å². The second-order valence-electron chi connectivity index (χ2n) is 6.85. The molecule has 3 amide bonds. The number of nitrogens with one attached hydrogen (secondary N) is 3. The Hall–Kier alpha value is -3.87. The van der Waals surface area contributed by atoms with E-state index >= 15 is 0 Å². The lowest BCUT2D eigenvalue weighted by atomic mass is 10.1. The number of rotatable bonds is 6. The van der Waals surface area contributed by atoms with Crippen LogP contribution in [-0.2, 0) is 4.79 Å². The molecule has 1 aromatic heterocycles. The summed E-state index contributed by atoms with van der Waals surface area (Å²) in [5.74, 6) is -0.640. The molecule has 0 spiro atoms. The Morgan fingerprint density at radius 1 is 0.833 bits per heavy atom. The van der Waals surface area contributed by atoms with Crippen LogP contribution in [0.1, 0.15) is 45.4 Å². The Morgan fingerprint density at radius 3 is 2.17 bits per heavy atom. The van der Waals surface area contributed by atoms with Crippen LogP contribution < -0.4 is 16.0 Å². The van der Waals surface area contributed by atoms with Gasteiger partial charge in [-0.15, -0.1) is 0 Å². The topological polar surface area (TPSA) is 100 Å². The average Bonchev–Trinajstić information content (AvgIpc) is 3.27. The van der Waals surface area contributed by atoms with Crippen molar-refractivity contribution in [3.8, 4) is 0 Å². The van der Waals surface area contributed by atoms with E-state index in [1.807, 2.05) is 19.9 Å². The molecule has 0 saturated carbocycles. The van der Waals surface area contributed by atoms with Crippen LogP contribution in [0.4, 0.5) is 17.1 Å². The molecular formula is C23H23N3O4. The third-order valence-corrected chi connectivity index (χ3v) is 4.58. The zero-order chi connectivity index (χ0) is 21.7. The van der Waals surface area contributed by atoms with Gasteiger partial charge in [0.25, 0.3) is 11.8 Å². The Bertz CT molecular complexity index is 1090. The standard InChI is InChI=1S/C23H23N3O4/c1-4-21(27)24-17-10-8-15(3)19(13-17)25-22(28)16-9-7-14(2)18(12-16)26-23(29)20-6-5-11-30-20/h5-13H,4H2,1-3H3,(H,24,27)(H,25,28)(H,26,29). The minimum Gasteiger partial charge on any atom is -0.459 e. The highest BCUT2D eigenvalue weighted by atomic mass is 16.3. The fraction of sp³-hybridized carbons (Fsp3) is 0.174. The van der Waals surface area contributed by atoms with Crippen LogP contribution >= 0.6 is 0 Å². The average molecular weight is 405 g/mol. The maximum absolute atomic E-state index is 12.8. The summed E-state index contributed by atoms with van der Waals surface area (Å²) in [5.41, 5.74) is 3.78. The molecule has 7 heteroatoms. The highest BCUT2D eigenvalue weighted by Crippen LogP contribution is 2.23. The van der Waals surface area contributed by atoms with Crippen molar-refractivity contribution in [2.45, 2.75) is 27.2 Å². The van der Waals surface area contributed by atoms with E-state index in [2.05, 4.69) is 16.0 Å². The molecule has 3 N–H and O–H groups in total. The van der Waals surface area contributed by atoms with Crippen LogP contribution in [-0.4, -0.2) is 17.7 Å². The fourth-order valence-corrected chi connectivity index (χ4v) is 2.77. The maximum Gasteiger partial charge on any atom is 0.291 e. The van der Waals surface area contributed by atoms with Gasteiger partial charge in [0.05, 0.1) is 6.26 Å². The summed E-state index contributed by atoms with van der Waals surface area (Å²) in [6.45, 7) is 5.47. The fourth-order valence-electron chi connectivity index (χ4n) is 2.77. The molecule has 0 saturated heterocycles. The van der Waals surface area contributed by atoms with E-state index in [4.69, 9.17) is 4.42 Å². The molecule has 30 heavy (non-hydrogen) atoms. The molecule has 7 nitrogen and oxygen atoms in total. The molecule has 0 fully saturated rings. The SMILES string of the molecule is CCC(=O)Nc1ccc(C)c(NC(=O)c2ccc(C)c(NC(=O)c3ccco3)c2)c1. The van der Waals surface area contributed by atoms with Gasteiger partial charge in [0, 0.05) is 29.0 Å². The first-order valence-corrected chi connectivity index (χ1v) is 9.54. The lowest BCUT2D eigenvalue weighted by Gasteiger charge is -2.13.